The average Bonchev–Trinajstić information content (AvgIpc) is 3.05. The first-order chi connectivity index (χ1) is 15.3. The predicted molar refractivity (Wildman–Crippen MR) is 118 cm³/mol. The molecule has 0 spiro atoms. The molecule has 2 aromatic carbocycles. The van der Waals surface area contributed by atoms with Gasteiger partial charge in [0.1, 0.15) is 17.6 Å². The maximum Gasteiger partial charge on any atom is 0.325 e. The molecule has 0 saturated heterocycles. The van der Waals surface area contributed by atoms with E-state index in [0.717, 1.165) is 0 Å². The van der Waals surface area contributed by atoms with Crippen LogP contribution in [0.1, 0.15) is 22.2 Å². The van der Waals surface area contributed by atoms with Crippen molar-refractivity contribution in [3.8, 4) is 0 Å². The number of hydrogen-bond donors (Lipinski definition) is 0. The fourth-order valence-electron chi connectivity index (χ4n) is 3.95. The molecule has 2 heterocycles. The lowest BCUT2D eigenvalue weighted by molar-refractivity contribution is -0.141. The molecule has 0 aliphatic heterocycles. The molecular formula is C24H21FN2O4S. The summed E-state index contributed by atoms with van der Waals surface area (Å²) in [6.45, 7) is 1.58. The van der Waals surface area contributed by atoms with E-state index in [1.165, 1.54) is 43.6 Å². The van der Waals surface area contributed by atoms with Crippen molar-refractivity contribution in [1.82, 2.24) is 9.55 Å². The van der Waals surface area contributed by atoms with Crippen LogP contribution in [0.2, 0.25) is 0 Å². The van der Waals surface area contributed by atoms with Crippen molar-refractivity contribution in [2.75, 3.05) is 7.11 Å². The summed E-state index contributed by atoms with van der Waals surface area (Å²) in [5.74, 6) is -1.01. The van der Waals surface area contributed by atoms with Crippen LogP contribution in [0.15, 0.2) is 77.8 Å². The topological polar surface area (TPSA) is 78.3 Å². The van der Waals surface area contributed by atoms with Gasteiger partial charge in [0.05, 0.1) is 17.7 Å². The fraction of sp³-hybridized carbons (Fsp3) is 0.167. The second kappa shape index (κ2) is 8.55. The normalized spacial score (nSPS) is 12.6. The largest absolute Gasteiger partial charge is 0.468 e. The Bertz CT molecular complexity index is 1380. The summed E-state index contributed by atoms with van der Waals surface area (Å²) in [7, 11) is -2.69. The average molecular weight is 453 g/mol. The zero-order chi connectivity index (χ0) is 22.9. The second-order valence-electron chi connectivity index (χ2n) is 7.32. The van der Waals surface area contributed by atoms with Gasteiger partial charge in [-0.2, -0.15) is 0 Å². The maximum atomic E-state index is 14.3. The van der Waals surface area contributed by atoms with Crippen molar-refractivity contribution >= 4 is 26.7 Å². The molecule has 0 N–H and O–H groups in total. The molecule has 6 nitrogen and oxygen atoms in total. The molecule has 32 heavy (non-hydrogen) atoms. The Morgan fingerprint density at radius 1 is 1.09 bits per heavy atom. The molecule has 0 fully saturated rings. The number of halogens is 1. The Morgan fingerprint density at radius 3 is 2.47 bits per heavy atom. The minimum Gasteiger partial charge on any atom is -0.468 e. The van der Waals surface area contributed by atoms with Gasteiger partial charge in [0, 0.05) is 28.4 Å². The number of carbonyl (C=O) groups is 1. The summed E-state index contributed by atoms with van der Waals surface area (Å²) < 4.78 is 48.5. The third-order valence-electron chi connectivity index (χ3n) is 5.45. The number of methoxy groups -OCH3 is 1. The van der Waals surface area contributed by atoms with E-state index in [1.807, 2.05) is 0 Å². The number of esters is 1. The molecule has 0 saturated carbocycles. The third-order valence-corrected chi connectivity index (χ3v) is 7.48. The van der Waals surface area contributed by atoms with E-state index in [4.69, 9.17) is 4.74 Å². The quantitative estimate of drug-likeness (QED) is 0.409. The number of hydrogen-bond acceptors (Lipinski definition) is 5. The molecule has 4 aromatic rings. The summed E-state index contributed by atoms with van der Waals surface area (Å²) in [5, 5.41) is -0.796. The van der Waals surface area contributed by atoms with Crippen LogP contribution in [-0.4, -0.2) is 31.0 Å². The van der Waals surface area contributed by atoms with Gasteiger partial charge in [0.2, 0.25) is 0 Å². The zero-order valence-electron chi connectivity index (χ0n) is 17.5. The molecule has 2 aromatic heterocycles. The summed E-state index contributed by atoms with van der Waals surface area (Å²) in [5.41, 5.74) is 1.74. The molecule has 4 rings (SSSR count). The smallest absolute Gasteiger partial charge is 0.325 e. The minimum atomic E-state index is -3.97. The Balaban J connectivity index is 2.06. The third kappa shape index (κ3) is 3.78. The lowest BCUT2D eigenvalue weighted by atomic mass is 10.0. The van der Waals surface area contributed by atoms with Crippen LogP contribution in [0.4, 0.5) is 4.39 Å². The predicted octanol–water partition coefficient (Wildman–Crippen LogP) is 4.22. The molecule has 0 amide bonds. The van der Waals surface area contributed by atoms with Crippen molar-refractivity contribution < 1.29 is 22.3 Å². The Labute approximate surface area is 185 Å². The maximum absolute atomic E-state index is 14.3. The lowest BCUT2D eigenvalue weighted by Crippen LogP contribution is -2.18. The van der Waals surface area contributed by atoms with E-state index in [9.17, 15) is 17.6 Å². The summed E-state index contributed by atoms with van der Waals surface area (Å²) >= 11 is 0. The first-order valence-corrected chi connectivity index (χ1v) is 11.4. The Morgan fingerprint density at radius 2 is 1.81 bits per heavy atom. The van der Waals surface area contributed by atoms with E-state index in [-0.39, 0.29) is 11.4 Å². The van der Waals surface area contributed by atoms with Crippen molar-refractivity contribution in [3.05, 3.63) is 95.7 Å². The van der Waals surface area contributed by atoms with Crippen molar-refractivity contribution in [3.63, 3.8) is 0 Å². The fourth-order valence-corrected chi connectivity index (χ4v) is 5.82. The van der Waals surface area contributed by atoms with Crippen molar-refractivity contribution in [1.29, 1.82) is 0 Å². The van der Waals surface area contributed by atoms with E-state index >= 15 is 0 Å². The monoisotopic (exact) mass is 452 g/mol. The minimum absolute atomic E-state index is 0.125. The second-order valence-corrected chi connectivity index (χ2v) is 9.35. The molecule has 1 unspecified atom stereocenters. The number of pyridine rings is 1. The number of carbonyl (C=O) groups excluding carboxylic acids is 1. The van der Waals surface area contributed by atoms with E-state index < -0.39 is 26.9 Å². The number of nitrogens with zero attached hydrogens (tertiary/aromatic N) is 2. The van der Waals surface area contributed by atoms with Crippen LogP contribution in [0.25, 0.3) is 10.9 Å². The number of sulfone groups is 1. The van der Waals surface area contributed by atoms with Crippen molar-refractivity contribution in [2.24, 2.45) is 0 Å². The van der Waals surface area contributed by atoms with Gasteiger partial charge >= 0.3 is 5.97 Å². The van der Waals surface area contributed by atoms with Gasteiger partial charge in [-0.25, -0.2) is 12.8 Å². The first kappa shape index (κ1) is 21.7. The highest BCUT2D eigenvalue weighted by Gasteiger charge is 2.36. The Hall–Kier alpha value is -3.52. The van der Waals surface area contributed by atoms with Crippen LogP contribution in [0.3, 0.4) is 0 Å². The Kier molecular flexibility index (Phi) is 5.80. The SMILES string of the molecule is COC(=O)Cn1c(C)c(C(c2ccccn2)S(=O)(=O)c2ccccc2)c2cc(F)ccc21. The number of ether oxygens (including phenoxy) is 1. The highest BCUT2D eigenvalue weighted by Crippen LogP contribution is 2.41. The molecule has 1 atom stereocenters. The first-order valence-electron chi connectivity index (χ1n) is 9.89. The van der Waals surface area contributed by atoms with Crippen LogP contribution >= 0.6 is 0 Å². The van der Waals surface area contributed by atoms with Crippen LogP contribution < -0.4 is 0 Å². The standard InChI is InChI=1S/C24H21FN2O4S/c1-16-23(19-14-17(25)11-12-21(19)27(16)15-22(28)31-2)24(20-10-6-7-13-26-20)32(29,30)18-8-4-3-5-9-18/h3-14,24H,15H2,1-2H3. The number of benzene rings is 2. The molecule has 164 valence electrons. The van der Waals surface area contributed by atoms with Gasteiger partial charge in [-0.1, -0.05) is 24.3 Å². The number of rotatable bonds is 6. The van der Waals surface area contributed by atoms with Crippen LogP contribution in [-0.2, 0) is 25.9 Å². The van der Waals surface area contributed by atoms with Crippen LogP contribution in [0.5, 0.6) is 0 Å². The van der Waals surface area contributed by atoms with Gasteiger partial charge in [-0.15, -0.1) is 0 Å². The van der Waals surface area contributed by atoms with Crippen LogP contribution in [0, 0.1) is 12.7 Å². The van der Waals surface area contributed by atoms with Gasteiger partial charge in [0.15, 0.2) is 9.84 Å². The van der Waals surface area contributed by atoms with E-state index in [2.05, 4.69) is 4.98 Å². The molecule has 8 heteroatoms. The van der Waals surface area contributed by atoms with Crippen molar-refractivity contribution in [2.45, 2.75) is 23.6 Å². The number of aromatic nitrogens is 2. The summed E-state index contributed by atoms with van der Waals surface area (Å²) in [6.07, 6.45) is 1.52. The van der Waals surface area contributed by atoms with Gasteiger partial charge in [-0.3, -0.25) is 9.78 Å². The van der Waals surface area contributed by atoms with Gasteiger partial charge in [0.25, 0.3) is 0 Å². The summed E-state index contributed by atoms with van der Waals surface area (Å²) in [6, 6.07) is 17.2. The van der Waals surface area contributed by atoms with Gasteiger partial charge in [-0.05, 0) is 49.4 Å². The molecule has 0 aliphatic carbocycles. The highest BCUT2D eigenvalue weighted by atomic mass is 32.2. The van der Waals surface area contributed by atoms with E-state index in [1.54, 1.807) is 47.9 Å². The van der Waals surface area contributed by atoms with Gasteiger partial charge < -0.3 is 9.30 Å². The number of fused-ring (bicyclic) bond motifs is 1. The summed E-state index contributed by atoms with van der Waals surface area (Å²) in [4.78, 5) is 16.5. The lowest BCUT2D eigenvalue weighted by Gasteiger charge is -2.19. The highest BCUT2D eigenvalue weighted by molar-refractivity contribution is 7.92. The molecule has 0 radical (unpaired) electrons. The molecule has 0 aliphatic rings. The molecular weight excluding hydrogens is 431 g/mol. The zero-order valence-corrected chi connectivity index (χ0v) is 18.3. The molecule has 0 bridgehead atoms. The van der Waals surface area contributed by atoms with E-state index in [0.29, 0.717) is 27.9 Å².